The van der Waals surface area contributed by atoms with Crippen molar-refractivity contribution in [2.75, 3.05) is 7.11 Å². The summed E-state index contributed by atoms with van der Waals surface area (Å²) < 4.78 is 18.0. The van der Waals surface area contributed by atoms with E-state index in [4.69, 9.17) is 4.74 Å². The molecule has 0 atom stereocenters. The number of hydrogen-bond donors (Lipinski definition) is 0. The quantitative estimate of drug-likeness (QED) is 0.552. The minimum absolute atomic E-state index is 0.267. The predicted molar refractivity (Wildman–Crippen MR) is 47.5 cm³/mol. The van der Waals surface area contributed by atoms with E-state index in [0.717, 1.165) is 0 Å². The Kier molecular flexibility index (Phi) is 2.88. The minimum atomic E-state index is -0.776. The first-order valence-electron chi connectivity index (χ1n) is 4.25. The summed E-state index contributed by atoms with van der Waals surface area (Å²) in [6, 6.07) is 0. The summed E-state index contributed by atoms with van der Waals surface area (Å²) in [6.45, 7) is 5.09. The van der Waals surface area contributed by atoms with E-state index in [0.29, 0.717) is 0 Å². The number of hydrogen-bond acceptors (Lipinski definition) is 6. The molecule has 0 aromatic carbocycles. The molecule has 0 aliphatic heterocycles. The van der Waals surface area contributed by atoms with Gasteiger partial charge in [-0.1, -0.05) is 0 Å². The lowest BCUT2D eigenvalue weighted by Crippen LogP contribution is -2.26. The van der Waals surface area contributed by atoms with Crippen LogP contribution in [0, 0.1) is 0 Å². The molecular weight excluding hydrogens is 204 g/mol. The van der Waals surface area contributed by atoms with E-state index in [1.807, 2.05) is 0 Å². The number of esters is 2. The molecule has 0 radical (unpaired) electrons. The number of ether oxygens (including phenoxy) is 2. The molecule has 84 valence electrons. The monoisotopic (exact) mass is 216 g/mol. The summed E-state index contributed by atoms with van der Waals surface area (Å²) >= 11 is 0. The molecule has 6 heteroatoms. The van der Waals surface area contributed by atoms with Crippen molar-refractivity contribution in [3.05, 3.63) is 11.5 Å². The van der Waals surface area contributed by atoms with Gasteiger partial charge < -0.3 is 9.47 Å². The predicted octanol–water partition coefficient (Wildman–Crippen LogP) is 1.61. The van der Waals surface area contributed by atoms with Crippen molar-refractivity contribution in [2.24, 2.45) is 0 Å². The van der Waals surface area contributed by atoms with Crippen LogP contribution in [0.1, 0.15) is 41.9 Å². The third-order valence-corrected chi connectivity index (χ3v) is 1.37. The molecule has 0 aliphatic rings. The van der Waals surface area contributed by atoms with Crippen molar-refractivity contribution in [3.63, 3.8) is 0 Å². The summed E-state index contributed by atoms with van der Waals surface area (Å²) in [5, 5.41) is 0. The Morgan fingerprint density at radius 3 is 1.87 bits per heavy atom. The van der Waals surface area contributed by atoms with Crippen LogP contribution >= 0.6 is 0 Å². The lowest BCUT2D eigenvalue weighted by Gasteiger charge is -2.19. The molecule has 0 aliphatic carbocycles. The summed E-state index contributed by atoms with van der Waals surface area (Å²) in [7, 11) is 1.17. The average Bonchev–Trinajstić information content (AvgIpc) is 1.97. The fourth-order valence-corrected chi connectivity index (χ4v) is 0.796. The van der Waals surface area contributed by atoms with E-state index in [2.05, 4.69) is 13.9 Å². The molecule has 0 saturated carbocycles. The third kappa shape index (κ3) is 2.61. The summed E-state index contributed by atoms with van der Waals surface area (Å²) in [5.41, 5.74) is -0.662. The van der Waals surface area contributed by atoms with Crippen LogP contribution in [0.3, 0.4) is 0 Å². The first-order chi connectivity index (χ1) is 6.85. The molecule has 0 fully saturated rings. The van der Waals surface area contributed by atoms with Gasteiger partial charge in [-0.2, -0.15) is 0 Å². The van der Waals surface area contributed by atoms with Gasteiger partial charge in [0.2, 0.25) is 0 Å². The Bertz CT molecular complexity index is 364. The normalized spacial score (nSPS) is 11.2. The molecule has 0 saturated heterocycles. The molecule has 0 spiro atoms. The van der Waals surface area contributed by atoms with Crippen molar-refractivity contribution in [1.82, 2.24) is 0 Å². The SMILES string of the molecule is COC(=O)c1ooc1C(=O)OC(C)(C)C. The van der Waals surface area contributed by atoms with Crippen LogP contribution in [0.25, 0.3) is 0 Å². The van der Waals surface area contributed by atoms with Gasteiger partial charge in [-0.25, -0.2) is 9.59 Å². The lowest BCUT2D eigenvalue weighted by atomic mass is 10.2. The molecule has 0 bridgehead atoms. The van der Waals surface area contributed by atoms with Crippen molar-refractivity contribution < 1.29 is 28.2 Å². The van der Waals surface area contributed by atoms with Gasteiger partial charge in [-0.05, 0) is 20.8 Å². The highest BCUT2D eigenvalue weighted by atomic mass is 17.0. The van der Waals surface area contributed by atoms with Crippen LogP contribution in [-0.4, -0.2) is 24.6 Å². The first kappa shape index (κ1) is 11.4. The Morgan fingerprint density at radius 1 is 1.07 bits per heavy atom. The second-order valence-corrected chi connectivity index (χ2v) is 3.82. The zero-order chi connectivity index (χ0) is 11.6. The van der Waals surface area contributed by atoms with Gasteiger partial charge in [0.25, 0.3) is 0 Å². The molecule has 6 nitrogen and oxygen atoms in total. The van der Waals surface area contributed by atoms with E-state index in [1.54, 1.807) is 20.8 Å². The number of carbonyl (C=O) groups is 2. The van der Waals surface area contributed by atoms with Crippen LogP contribution in [0.5, 0.6) is 0 Å². The lowest BCUT2D eigenvalue weighted by molar-refractivity contribution is -0.0526. The third-order valence-electron chi connectivity index (χ3n) is 1.37. The zero-order valence-electron chi connectivity index (χ0n) is 8.95. The standard InChI is InChI=1S/C9H12O6/c1-9(2,3)13-8(11)6-5(14-15-6)7(10)12-4/h1-4H3. The van der Waals surface area contributed by atoms with Gasteiger partial charge >= 0.3 is 23.5 Å². The Balaban J connectivity index is 2.74. The second kappa shape index (κ2) is 3.80. The van der Waals surface area contributed by atoms with E-state index in [-0.39, 0.29) is 11.5 Å². The fourth-order valence-electron chi connectivity index (χ4n) is 0.796. The van der Waals surface area contributed by atoms with Crippen molar-refractivity contribution in [3.8, 4) is 0 Å². The maximum Gasteiger partial charge on any atom is 0.384 e. The smallest absolute Gasteiger partial charge is 0.384 e. The molecule has 0 N–H and O–H groups in total. The van der Waals surface area contributed by atoms with Crippen LogP contribution < -0.4 is 0 Å². The summed E-state index contributed by atoms with van der Waals surface area (Å²) in [5.74, 6) is -2.07. The van der Waals surface area contributed by atoms with Gasteiger partial charge in [0.05, 0.1) is 7.11 Å². The topological polar surface area (TPSA) is 78.9 Å². The molecular formula is C9H12O6. The number of carbonyl (C=O) groups excluding carboxylic acids is 2. The van der Waals surface area contributed by atoms with Crippen LogP contribution in [0.4, 0.5) is 0 Å². The summed E-state index contributed by atoms with van der Waals surface area (Å²) in [6.07, 6.45) is 0. The second-order valence-electron chi connectivity index (χ2n) is 3.82. The van der Waals surface area contributed by atoms with Crippen LogP contribution in [-0.2, 0) is 9.47 Å². The van der Waals surface area contributed by atoms with Gasteiger partial charge in [0.1, 0.15) is 5.60 Å². The van der Waals surface area contributed by atoms with Gasteiger partial charge in [0, 0.05) is 0 Å². The average molecular weight is 216 g/mol. The first-order valence-corrected chi connectivity index (χ1v) is 4.25. The highest BCUT2D eigenvalue weighted by Crippen LogP contribution is 2.19. The van der Waals surface area contributed by atoms with Gasteiger partial charge in [-0.3, -0.25) is 9.15 Å². The van der Waals surface area contributed by atoms with Crippen molar-refractivity contribution in [1.29, 1.82) is 0 Å². The Hall–Kier alpha value is -1.72. The van der Waals surface area contributed by atoms with E-state index >= 15 is 0 Å². The largest absolute Gasteiger partial charge is 0.463 e. The van der Waals surface area contributed by atoms with Crippen molar-refractivity contribution in [2.45, 2.75) is 26.4 Å². The molecule has 0 unspecified atom stereocenters. The van der Waals surface area contributed by atoms with E-state index in [9.17, 15) is 9.59 Å². The van der Waals surface area contributed by atoms with Crippen LogP contribution in [0.15, 0.2) is 9.15 Å². The fraction of sp³-hybridized carbons (Fsp3) is 0.556. The highest BCUT2D eigenvalue weighted by Gasteiger charge is 2.33. The Morgan fingerprint density at radius 2 is 1.53 bits per heavy atom. The maximum absolute atomic E-state index is 11.4. The maximum atomic E-state index is 11.4. The highest BCUT2D eigenvalue weighted by molar-refractivity contribution is 5.99. The van der Waals surface area contributed by atoms with E-state index in [1.165, 1.54) is 7.11 Å². The molecule has 1 rings (SSSR count). The molecule has 1 aromatic heterocycles. The number of methoxy groups -OCH3 is 1. The van der Waals surface area contributed by atoms with Crippen molar-refractivity contribution >= 4 is 11.9 Å². The Labute approximate surface area is 86.0 Å². The molecule has 15 heavy (non-hydrogen) atoms. The number of rotatable bonds is 2. The zero-order valence-corrected chi connectivity index (χ0v) is 8.95. The van der Waals surface area contributed by atoms with Gasteiger partial charge in [-0.15, -0.1) is 0 Å². The van der Waals surface area contributed by atoms with E-state index < -0.39 is 17.5 Å². The summed E-state index contributed by atoms with van der Waals surface area (Å²) in [4.78, 5) is 22.4. The van der Waals surface area contributed by atoms with Gasteiger partial charge in [0.15, 0.2) is 0 Å². The molecule has 1 aromatic rings. The van der Waals surface area contributed by atoms with Crippen LogP contribution in [0.2, 0.25) is 0 Å². The molecule has 0 amide bonds. The molecule has 1 heterocycles. The minimum Gasteiger partial charge on any atom is -0.463 e.